The van der Waals surface area contributed by atoms with Crippen LogP contribution in [0, 0.1) is 0 Å². The van der Waals surface area contributed by atoms with Crippen LogP contribution in [-0.2, 0) is 22.4 Å². The zero-order valence-electron chi connectivity index (χ0n) is 15.4. The van der Waals surface area contributed by atoms with Crippen LogP contribution < -0.4 is 10.4 Å². The Hall–Kier alpha value is -2.79. The lowest BCUT2D eigenvalue weighted by molar-refractivity contribution is -0.149. The number of fused-ring (bicyclic) bond motifs is 3. The Labute approximate surface area is 166 Å². The summed E-state index contributed by atoms with van der Waals surface area (Å²) in [6, 6.07) is 12.3. The second-order valence-electron chi connectivity index (χ2n) is 6.76. The Balaban J connectivity index is 1.79. The fraction of sp³-hybridized carbons (Fsp3) is 0.273. The van der Waals surface area contributed by atoms with Gasteiger partial charge in [-0.25, -0.2) is 9.59 Å². The number of halogens is 1. The van der Waals surface area contributed by atoms with Crippen LogP contribution in [0.3, 0.4) is 0 Å². The molecule has 0 saturated carbocycles. The molecule has 0 unspecified atom stereocenters. The van der Waals surface area contributed by atoms with Crippen LogP contribution in [0.1, 0.15) is 35.6 Å². The molecule has 0 radical (unpaired) electrons. The average Bonchev–Trinajstić information content (AvgIpc) is 2.73. The molecule has 0 spiro atoms. The Morgan fingerprint density at radius 1 is 1.11 bits per heavy atom. The van der Waals surface area contributed by atoms with Gasteiger partial charge in [0.15, 0.2) is 0 Å². The van der Waals surface area contributed by atoms with Gasteiger partial charge in [0.1, 0.15) is 11.3 Å². The number of aryl methyl sites for hydroxylation is 1. The predicted octanol–water partition coefficient (Wildman–Crippen LogP) is 4.62. The molecule has 5 nitrogen and oxygen atoms in total. The predicted molar refractivity (Wildman–Crippen MR) is 106 cm³/mol. The van der Waals surface area contributed by atoms with Gasteiger partial charge in [-0.1, -0.05) is 41.9 Å². The number of benzene rings is 2. The fourth-order valence-corrected chi connectivity index (χ4v) is 3.86. The first-order valence-electron chi connectivity index (χ1n) is 9.16. The van der Waals surface area contributed by atoms with Gasteiger partial charge in [-0.2, -0.15) is 0 Å². The highest BCUT2D eigenvalue weighted by molar-refractivity contribution is 6.32. The lowest BCUT2D eigenvalue weighted by Gasteiger charge is -2.20. The molecule has 6 heteroatoms. The normalized spacial score (nSPS) is 14.4. The van der Waals surface area contributed by atoms with E-state index in [0.717, 1.165) is 42.2 Å². The van der Waals surface area contributed by atoms with E-state index in [9.17, 15) is 9.59 Å². The first kappa shape index (κ1) is 18.6. The molecule has 0 saturated heterocycles. The summed E-state index contributed by atoms with van der Waals surface area (Å²) in [6.45, 7) is 0. The molecule has 1 aliphatic carbocycles. The molecule has 1 aromatic heterocycles. The molecule has 3 aromatic rings. The average molecular weight is 399 g/mol. The zero-order valence-corrected chi connectivity index (χ0v) is 16.1. The molecule has 2 aromatic carbocycles. The van der Waals surface area contributed by atoms with Crippen LogP contribution in [0.15, 0.2) is 51.7 Å². The zero-order chi connectivity index (χ0) is 19.7. The van der Waals surface area contributed by atoms with Crippen molar-refractivity contribution >= 4 is 28.5 Å². The fourth-order valence-electron chi connectivity index (χ4n) is 3.65. The quantitative estimate of drug-likeness (QED) is 0.474. The summed E-state index contributed by atoms with van der Waals surface area (Å²) in [5.41, 5.74) is 2.46. The van der Waals surface area contributed by atoms with E-state index in [2.05, 4.69) is 0 Å². The number of methoxy groups -OCH3 is 1. The third kappa shape index (κ3) is 3.38. The number of ether oxygens (including phenoxy) is 2. The first-order chi connectivity index (χ1) is 13.6. The first-order valence-corrected chi connectivity index (χ1v) is 9.54. The van der Waals surface area contributed by atoms with Crippen molar-refractivity contribution in [3.63, 3.8) is 0 Å². The number of carbonyl (C=O) groups is 1. The monoisotopic (exact) mass is 398 g/mol. The number of hydrogen-bond acceptors (Lipinski definition) is 5. The molecular weight excluding hydrogens is 380 g/mol. The standard InChI is InChI=1S/C22H19ClO5/c1-26-22(25)20(13-7-3-2-4-8-13)27-19-12-18-16(11-17(19)23)14-9-5-6-10-15(14)21(24)28-18/h2-4,7-8,11-12,20H,5-6,9-10H2,1H3/t20-/m1/s1. The highest BCUT2D eigenvalue weighted by Crippen LogP contribution is 2.36. The molecule has 28 heavy (non-hydrogen) atoms. The van der Waals surface area contributed by atoms with Gasteiger partial charge in [0.2, 0.25) is 6.10 Å². The van der Waals surface area contributed by atoms with Crippen LogP contribution in [0.25, 0.3) is 11.0 Å². The Bertz CT molecular complexity index is 1090. The van der Waals surface area contributed by atoms with E-state index in [1.165, 1.54) is 7.11 Å². The molecule has 0 bridgehead atoms. The molecular formula is C22H19ClO5. The highest BCUT2D eigenvalue weighted by Gasteiger charge is 2.26. The second-order valence-corrected chi connectivity index (χ2v) is 7.17. The molecule has 0 N–H and O–H groups in total. The van der Waals surface area contributed by atoms with Crippen molar-refractivity contribution in [2.75, 3.05) is 7.11 Å². The molecule has 1 aliphatic rings. The van der Waals surface area contributed by atoms with E-state index in [1.54, 1.807) is 24.3 Å². The molecule has 1 heterocycles. The van der Waals surface area contributed by atoms with E-state index in [1.807, 2.05) is 18.2 Å². The molecule has 1 atom stereocenters. The summed E-state index contributed by atoms with van der Waals surface area (Å²) in [6.07, 6.45) is 2.58. The van der Waals surface area contributed by atoms with Gasteiger partial charge in [-0.3, -0.25) is 0 Å². The van der Waals surface area contributed by atoms with Crippen molar-refractivity contribution in [1.29, 1.82) is 0 Å². The maximum Gasteiger partial charge on any atom is 0.351 e. The molecule has 0 aliphatic heterocycles. The number of esters is 1. The topological polar surface area (TPSA) is 65.7 Å². The van der Waals surface area contributed by atoms with E-state index in [-0.39, 0.29) is 11.4 Å². The van der Waals surface area contributed by atoms with Gasteiger partial charge in [-0.05, 0) is 37.3 Å². The SMILES string of the molecule is COC(=O)[C@H](Oc1cc2oc(=O)c3c(c2cc1Cl)CCCC3)c1ccccc1. The maximum absolute atomic E-state index is 12.4. The van der Waals surface area contributed by atoms with Gasteiger partial charge in [0.25, 0.3) is 0 Å². The highest BCUT2D eigenvalue weighted by atomic mass is 35.5. The van der Waals surface area contributed by atoms with Gasteiger partial charge in [0, 0.05) is 22.6 Å². The van der Waals surface area contributed by atoms with Gasteiger partial charge >= 0.3 is 11.6 Å². The van der Waals surface area contributed by atoms with E-state index >= 15 is 0 Å². The van der Waals surface area contributed by atoms with Crippen molar-refractivity contribution in [3.05, 3.63) is 74.6 Å². The summed E-state index contributed by atoms with van der Waals surface area (Å²) < 4.78 is 16.3. The number of rotatable bonds is 4. The Morgan fingerprint density at radius 3 is 2.54 bits per heavy atom. The Morgan fingerprint density at radius 2 is 1.82 bits per heavy atom. The van der Waals surface area contributed by atoms with Crippen LogP contribution in [0.2, 0.25) is 5.02 Å². The number of carbonyl (C=O) groups excluding carboxylic acids is 1. The van der Waals surface area contributed by atoms with Gasteiger partial charge in [0.05, 0.1) is 12.1 Å². The Kier molecular flexibility index (Phi) is 5.09. The largest absolute Gasteiger partial charge is 0.472 e. The van der Waals surface area contributed by atoms with Crippen LogP contribution in [0.5, 0.6) is 5.75 Å². The minimum Gasteiger partial charge on any atom is -0.472 e. The minimum atomic E-state index is -0.981. The summed E-state index contributed by atoms with van der Waals surface area (Å²) >= 11 is 6.47. The second kappa shape index (κ2) is 7.68. The number of hydrogen-bond donors (Lipinski definition) is 0. The van der Waals surface area contributed by atoms with E-state index in [4.69, 9.17) is 25.5 Å². The third-order valence-electron chi connectivity index (χ3n) is 5.04. The van der Waals surface area contributed by atoms with E-state index < -0.39 is 12.1 Å². The summed E-state index contributed by atoms with van der Waals surface area (Å²) in [4.78, 5) is 24.6. The summed E-state index contributed by atoms with van der Waals surface area (Å²) in [7, 11) is 1.30. The van der Waals surface area contributed by atoms with Crippen molar-refractivity contribution < 1.29 is 18.7 Å². The summed E-state index contributed by atoms with van der Waals surface area (Å²) in [5, 5.41) is 1.17. The third-order valence-corrected chi connectivity index (χ3v) is 5.33. The van der Waals surface area contributed by atoms with Gasteiger partial charge in [-0.15, -0.1) is 0 Å². The maximum atomic E-state index is 12.4. The molecule has 0 fully saturated rings. The minimum absolute atomic E-state index is 0.257. The van der Waals surface area contributed by atoms with Crippen LogP contribution in [-0.4, -0.2) is 13.1 Å². The lowest BCUT2D eigenvalue weighted by Crippen LogP contribution is -2.20. The van der Waals surface area contributed by atoms with Gasteiger partial charge < -0.3 is 13.9 Å². The lowest BCUT2D eigenvalue weighted by atomic mass is 9.90. The van der Waals surface area contributed by atoms with Crippen molar-refractivity contribution in [1.82, 2.24) is 0 Å². The van der Waals surface area contributed by atoms with Crippen LogP contribution >= 0.6 is 11.6 Å². The molecule has 0 amide bonds. The van der Waals surface area contributed by atoms with Crippen LogP contribution in [0.4, 0.5) is 0 Å². The van der Waals surface area contributed by atoms with Crippen molar-refractivity contribution in [2.24, 2.45) is 0 Å². The molecule has 144 valence electrons. The van der Waals surface area contributed by atoms with E-state index in [0.29, 0.717) is 16.2 Å². The molecule has 4 rings (SSSR count). The van der Waals surface area contributed by atoms with Crippen molar-refractivity contribution in [3.8, 4) is 5.75 Å². The summed E-state index contributed by atoms with van der Waals surface area (Å²) in [5.74, 6) is -0.290. The smallest absolute Gasteiger partial charge is 0.351 e. The van der Waals surface area contributed by atoms with Crippen molar-refractivity contribution in [2.45, 2.75) is 31.8 Å².